The summed E-state index contributed by atoms with van der Waals surface area (Å²) in [4.78, 5) is 4.52. The molecule has 1 unspecified atom stereocenters. The fraction of sp³-hybridized carbons (Fsp3) is 0.688. The van der Waals surface area contributed by atoms with Gasteiger partial charge in [0.25, 0.3) is 0 Å². The highest BCUT2D eigenvalue weighted by molar-refractivity contribution is 5.24. The van der Waals surface area contributed by atoms with Crippen molar-refractivity contribution < 1.29 is 9.47 Å². The molecule has 1 N–H and O–H groups in total. The average molecular weight is 278 g/mol. The summed E-state index contributed by atoms with van der Waals surface area (Å²) in [5.74, 6) is 0.699. The van der Waals surface area contributed by atoms with E-state index in [2.05, 4.69) is 30.2 Å². The van der Waals surface area contributed by atoms with Gasteiger partial charge in [-0.05, 0) is 31.7 Å². The summed E-state index contributed by atoms with van der Waals surface area (Å²) in [5.41, 5.74) is 2.25. The molecule has 0 aromatic carbocycles. The molecular formula is C16H26N2O2. The zero-order valence-corrected chi connectivity index (χ0v) is 12.8. The van der Waals surface area contributed by atoms with E-state index in [1.165, 1.54) is 18.4 Å². The van der Waals surface area contributed by atoms with Crippen LogP contribution in [0.25, 0.3) is 0 Å². The molecule has 0 bridgehead atoms. The highest BCUT2D eigenvalue weighted by Crippen LogP contribution is 2.16. The van der Waals surface area contributed by atoms with Crippen LogP contribution in [0.4, 0.5) is 0 Å². The van der Waals surface area contributed by atoms with Crippen LogP contribution in [0, 0.1) is 6.92 Å². The van der Waals surface area contributed by atoms with Gasteiger partial charge in [0, 0.05) is 31.0 Å². The van der Waals surface area contributed by atoms with Crippen molar-refractivity contribution in [1.29, 1.82) is 0 Å². The van der Waals surface area contributed by atoms with Gasteiger partial charge < -0.3 is 14.8 Å². The number of hydrogen-bond donors (Lipinski definition) is 1. The van der Waals surface area contributed by atoms with E-state index in [0.717, 1.165) is 25.3 Å². The standard InChI is InChI=1S/C16H26N2O2/c1-12(2)17-10-14-7-8-16(18-13(14)3)20-11-15-6-4-5-9-19-15/h7-8,12,15,17H,4-6,9-11H2,1-3H3. The molecule has 1 fully saturated rings. The first-order valence-electron chi connectivity index (χ1n) is 7.59. The van der Waals surface area contributed by atoms with E-state index in [0.29, 0.717) is 18.5 Å². The molecule has 0 aliphatic carbocycles. The Balaban J connectivity index is 1.84. The van der Waals surface area contributed by atoms with Crippen LogP contribution in [0.3, 0.4) is 0 Å². The molecule has 0 amide bonds. The molecule has 1 atom stereocenters. The third kappa shape index (κ3) is 4.76. The lowest BCUT2D eigenvalue weighted by Gasteiger charge is -2.22. The average Bonchev–Trinajstić information content (AvgIpc) is 2.45. The fourth-order valence-corrected chi connectivity index (χ4v) is 2.27. The molecule has 2 heterocycles. The topological polar surface area (TPSA) is 43.4 Å². The van der Waals surface area contributed by atoms with Gasteiger partial charge in [0.1, 0.15) is 6.61 Å². The van der Waals surface area contributed by atoms with Crippen LogP contribution in [0.5, 0.6) is 5.88 Å². The van der Waals surface area contributed by atoms with Gasteiger partial charge in [-0.3, -0.25) is 0 Å². The van der Waals surface area contributed by atoms with E-state index < -0.39 is 0 Å². The summed E-state index contributed by atoms with van der Waals surface area (Å²) in [5, 5.41) is 3.40. The molecule has 0 radical (unpaired) electrons. The van der Waals surface area contributed by atoms with Gasteiger partial charge in [-0.25, -0.2) is 4.98 Å². The highest BCUT2D eigenvalue weighted by atomic mass is 16.5. The van der Waals surface area contributed by atoms with Gasteiger partial charge in [-0.15, -0.1) is 0 Å². The van der Waals surface area contributed by atoms with E-state index in [9.17, 15) is 0 Å². The first-order chi connectivity index (χ1) is 9.65. The van der Waals surface area contributed by atoms with E-state index in [4.69, 9.17) is 9.47 Å². The minimum atomic E-state index is 0.230. The molecule has 0 spiro atoms. The summed E-state index contributed by atoms with van der Waals surface area (Å²) in [7, 11) is 0. The smallest absolute Gasteiger partial charge is 0.213 e. The minimum Gasteiger partial charge on any atom is -0.475 e. The number of nitrogens with zero attached hydrogens (tertiary/aromatic N) is 1. The lowest BCUT2D eigenvalue weighted by Crippen LogP contribution is -2.26. The van der Waals surface area contributed by atoms with Crippen molar-refractivity contribution in [2.75, 3.05) is 13.2 Å². The number of pyridine rings is 1. The number of aryl methyl sites for hydroxylation is 1. The number of nitrogens with one attached hydrogen (secondary N) is 1. The molecule has 0 saturated carbocycles. The molecule has 2 rings (SSSR count). The quantitative estimate of drug-likeness (QED) is 0.869. The van der Waals surface area contributed by atoms with Crippen LogP contribution in [-0.4, -0.2) is 30.3 Å². The zero-order chi connectivity index (χ0) is 14.4. The van der Waals surface area contributed by atoms with Gasteiger partial charge in [0.05, 0.1) is 6.10 Å². The maximum atomic E-state index is 5.75. The number of aromatic nitrogens is 1. The second kappa shape index (κ2) is 7.60. The minimum absolute atomic E-state index is 0.230. The maximum Gasteiger partial charge on any atom is 0.213 e. The Labute approximate surface area is 121 Å². The summed E-state index contributed by atoms with van der Waals surface area (Å²) in [6, 6.07) is 4.52. The number of hydrogen-bond acceptors (Lipinski definition) is 4. The van der Waals surface area contributed by atoms with Crippen LogP contribution in [0.2, 0.25) is 0 Å². The first-order valence-corrected chi connectivity index (χ1v) is 7.59. The van der Waals surface area contributed by atoms with Crippen LogP contribution in [-0.2, 0) is 11.3 Å². The monoisotopic (exact) mass is 278 g/mol. The van der Waals surface area contributed by atoms with Gasteiger partial charge in [-0.1, -0.05) is 19.9 Å². The van der Waals surface area contributed by atoms with Crippen LogP contribution < -0.4 is 10.1 Å². The Hall–Kier alpha value is -1.13. The Kier molecular flexibility index (Phi) is 5.80. The zero-order valence-electron chi connectivity index (χ0n) is 12.8. The van der Waals surface area contributed by atoms with Crippen molar-refractivity contribution in [2.24, 2.45) is 0 Å². The Morgan fingerprint density at radius 1 is 1.40 bits per heavy atom. The lowest BCUT2D eigenvalue weighted by atomic mass is 10.1. The Morgan fingerprint density at radius 2 is 2.25 bits per heavy atom. The predicted octanol–water partition coefficient (Wildman–Crippen LogP) is 2.84. The summed E-state index contributed by atoms with van der Waals surface area (Å²) in [6.07, 6.45) is 3.73. The molecule has 4 nitrogen and oxygen atoms in total. The van der Waals surface area contributed by atoms with E-state index in [1.807, 2.05) is 13.0 Å². The molecule has 1 aliphatic heterocycles. The number of rotatable bonds is 6. The number of ether oxygens (including phenoxy) is 2. The molecule has 20 heavy (non-hydrogen) atoms. The lowest BCUT2D eigenvalue weighted by molar-refractivity contribution is -0.0119. The van der Waals surface area contributed by atoms with E-state index in [-0.39, 0.29) is 6.10 Å². The van der Waals surface area contributed by atoms with Gasteiger partial charge in [-0.2, -0.15) is 0 Å². The molecule has 1 aromatic heterocycles. The molecular weight excluding hydrogens is 252 g/mol. The molecule has 4 heteroatoms. The normalized spacial score (nSPS) is 19.3. The second-order valence-electron chi connectivity index (χ2n) is 5.73. The van der Waals surface area contributed by atoms with Crippen molar-refractivity contribution in [3.05, 3.63) is 23.4 Å². The highest BCUT2D eigenvalue weighted by Gasteiger charge is 2.14. The largest absolute Gasteiger partial charge is 0.475 e. The summed E-state index contributed by atoms with van der Waals surface area (Å²) in [6.45, 7) is 8.63. The van der Waals surface area contributed by atoms with Crippen molar-refractivity contribution in [2.45, 2.75) is 58.7 Å². The molecule has 112 valence electrons. The van der Waals surface area contributed by atoms with Crippen LogP contribution in [0.1, 0.15) is 44.4 Å². The van der Waals surface area contributed by atoms with Crippen molar-refractivity contribution in [3.8, 4) is 5.88 Å². The third-order valence-electron chi connectivity index (χ3n) is 3.56. The van der Waals surface area contributed by atoms with Crippen LogP contribution in [0.15, 0.2) is 12.1 Å². The van der Waals surface area contributed by atoms with E-state index in [1.54, 1.807) is 0 Å². The third-order valence-corrected chi connectivity index (χ3v) is 3.56. The summed E-state index contributed by atoms with van der Waals surface area (Å²) < 4.78 is 11.4. The van der Waals surface area contributed by atoms with Crippen molar-refractivity contribution in [3.63, 3.8) is 0 Å². The molecule has 1 saturated heterocycles. The van der Waals surface area contributed by atoms with Gasteiger partial charge in [0.2, 0.25) is 5.88 Å². The molecule has 1 aromatic rings. The van der Waals surface area contributed by atoms with Crippen molar-refractivity contribution >= 4 is 0 Å². The van der Waals surface area contributed by atoms with Gasteiger partial charge in [0.15, 0.2) is 0 Å². The fourth-order valence-electron chi connectivity index (χ4n) is 2.27. The van der Waals surface area contributed by atoms with E-state index >= 15 is 0 Å². The summed E-state index contributed by atoms with van der Waals surface area (Å²) >= 11 is 0. The molecule has 1 aliphatic rings. The second-order valence-corrected chi connectivity index (χ2v) is 5.73. The maximum absolute atomic E-state index is 5.75. The van der Waals surface area contributed by atoms with Gasteiger partial charge >= 0.3 is 0 Å². The SMILES string of the molecule is Cc1nc(OCC2CCCCO2)ccc1CNC(C)C. The Bertz CT molecular complexity index is 415. The first kappa shape index (κ1) is 15.3. The van der Waals surface area contributed by atoms with Crippen LogP contribution >= 0.6 is 0 Å². The predicted molar refractivity (Wildman–Crippen MR) is 80.0 cm³/mol. The van der Waals surface area contributed by atoms with Crippen molar-refractivity contribution in [1.82, 2.24) is 10.3 Å². The Morgan fingerprint density at radius 3 is 2.90 bits per heavy atom.